The molecule has 0 aliphatic carbocycles. The second-order valence-electron chi connectivity index (χ2n) is 4.21. The molecule has 0 aliphatic heterocycles. The third kappa shape index (κ3) is 1.95. The quantitative estimate of drug-likeness (QED) is 0.794. The average Bonchev–Trinajstić information content (AvgIpc) is 2.64. The van der Waals surface area contributed by atoms with Crippen LogP contribution in [0.3, 0.4) is 0 Å². The topological polar surface area (TPSA) is 34.9 Å². The Morgan fingerprint density at radius 2 is 2.11 bits per heavy atom. The van der Waals surface area contributed by atoms with Crippen molar-refractivity contribution in [1.82, 2.24) is 9.78 Å². The van der Waals surface area contributed by atoms with Crippen molar-refractivity contribution >= 4 is 17.9 Å². The highest BCUT2D eigenvalue weighted by molar-refractivity contribution is 6.33. The highest BCUT2D eigenvalue weighted by Gasteiger charge is 2.14. The number of carbonyl (C=O) groups excluding carboxylic acids is 1. The maximum absolute atomic E-state index is 11.2. The molecule has 1 heterocycles. The summed E-state index contributed by atoms with van der Waals surface area (Å²) in [7, 11) is 0. The van der Waals surface area contributed by atoms with E-state index in [-0.39, 0.29) is 0 Å². The van der Waals surface area contributed by atoms with Gasteiger partial charge >= 0.3 is 0 Å². The summed E-state index contributed by atoms with van der Waals surface area (Å²) in [6, 6.07) is 5.39. The Morgan fingerprint density at radius 1 is 1.39 bits per heavy atom. The largest absolute Gasteiger partial charge is 0.298 e. The van der Waals surface area contributed by atoms with Gasteiger partial charge < -0.3 is 0 Å². The van der Waals surface area contributed by atoms with E-state index in [1.54, 1.807) is 10.7 Å². The van der Waals surface area contributed by atoms with E-state index in [0.717, 1.165) is 29.8 Å². The number of hydrogen-bond donors (Lipinski definition) is 0. The monoisotopic (exact) mass is 262 g/mol. The van der Waals surface area contributed by atoms with Gasteiger partial charge in [-0.25, -0.2) is 4.68 Å². The molecule has 0 saturated carbocycles. The van der Waals surface area contributed by atoms with Crippen molar-refractivity contribution in [3.8, 4) is 5.69 Å². The SMILES string of the molecule is CCc1c(C)nn(-c2cccc(Cl)c2C=O)c1C. The van der Waals surface area contributed by atoms with Crippen molar-refractivity contribution in [2.24, 2.45) is 0 Å². The normalized spacial score (nSPS) is 10.7. The maximum Gasteiger partial charge on any atom is 0.153 e. The van der Waals surface area contributed by atoms with Gasteiger partial charge in [0.1, 0.15) is 0 Å². The van der Waals surface area contributed by atoms with Gasteiger partial charge in [0.25, 0.3) is 0 Å². The Morgan fingerprint density at radius 3 is 2.67 bits per heavy atom. The van der Waals surface area contributed by atoms with Crippen molar-refractivity contribution in [3.05, 3.63) is 45.7 Å². The van der Waals surface area contributed by atoms with Gasteiger partial charge in [0, 0.05) is 5.69 Å². The van der Waals surface area contributed by atoms with Gasteiger partial charge in [-0.2, -0.15) is 5.10 Å². The Hall–Kier alpha value is -1.61. The molecule has 0 unspecified atom stereocenters. The fourth-order valence-electron chi connectivity index (χ4n) is 2.25. The molecule has 0 saturated heterocycles. The lowest BCUT2D eigenvalue weighted by molar-refractivity contribution is 0.112. The average molecular weight is 263 g/mol. The summed E-state index contributed by atoms with van der Waals surface area (Å²) in [5, 5.41) is 4.95. The van der Waals surface area contributed by atoms with Crippen molar-refractivity contribution in [2.75, 3.05) is 0 Å². The Balaban J connectivity index is 2.70. The third-order valence-electron chi connectivity index (χ3n) is 3.17. The van der Waals surface area contributed by atoms with Gasteiger partial charge in [0.2, 0.25) is 0 Å². The number of hydrogen-bond acceptors (Lipinski definition) is 2. The molecule has 1 aromatic carbocycles. The first-order valence-electron chi connectivity index (χ1n) is 5.89. The highest BCUT2D eigenvalue weighted by Crippen LogP contribution is 2.24. The Bertz CT molecular complexity index is 602. The molecule has 0 spiro atoms. The number of rotatable bonds is 3. The van der Waals surface area contributed by atoms with Crippen LogP contribution in [0.1, 0.15) is 34.2 Å². The molecule has 4 heteroatoms. The predicted octanol–water partition coefficient (Wildman–Crippen LogP) is 3.52. The molecule has 0 radical (unpaired) electrons. The molecule has 0 aliphatic rings. The molecule has 1 aromatic heterocycles. The fourth-order valence-corrected chi connectivity index (χ4v) is 2.46. The summed E-state index contributed by atoms with van der Waals surface area (Å²) < 4.78 is 1.80. The summed E-state index contributed by atoms with van der Waals surface area (Å²) in [5.74, 6) is 0. The minimum Gasteiger partial charge on any atom is -0.298 e. The summed E-state index contributed by atoms with van der Waals surface area (Å²) in [4.78, 5) is 11.2. The van der Waals surface area contributed by atoms with Gasteiger partial charge in [-0.05, 0) is 38.0 Å². The number of nitrogens with zero attached hydrogens (tertiary/aromatic N) is 2. The van der Waals surface area contributed by atoms with E-state index in [2.05, 4.69) is 12.0 Å². The summed E-state index contributed by atoms with van der Waals surface area (Å²) in [5.41, 5.74) is 4.48. The van der Waals surface area contributed by atoms with Crippen LogP contribution in [0, 0.1) is 13.8 Å². The van der Waals surface area contributed by atoms with Crippen molar-refractivity contribution in [1.29, 1.82) is 0 Å². The van der Waals surface area contributed by atoms with Gasteiger partial charge in [-0.15, -0.1) is 0 Å². The van der Waals surface area contributed by atoms with Gasteiger partial charge in [-0.1, -0.05) is 24.6 Å². The van der Waals surface area contributed by atoms with Crippen LogP contribution in [-0.4, -0.2) is 16.1 Å². The first-order valence-corrected chi connectivity index (χ1v) is 6.27. The minimum atomic E-state index is 0.452. The molecule has 18 heavy (non-hydrogen) atoms. The minimum absolute atomic E-state index is 0.452. The smallest absolute Gasteiger partial charge is 0.153 e. The van der Waals surface area contributed by atoms with Crippen LogP contribution in [0.5, 0.6) is 0 Å². The summed E-state index contributed by atoms with van der Waals surface area (Å²) >= 11 is 6.04. The molecule has 0 atom stereocenters. The summed E-state index contributed by atoms with van der Waals surface area (Å²) in [6.07, 6.45) is 1.70. The van der Waals surface area contributed by atoms with Crippen LogP contribution in [0.15, 0.2) is 18.2 Å². The molecule has 3 nitrogen and oxygen atoms in total. The second-order valence-corrected chi connectivity index (χ2v) is 4.61. The van der Waals surface area contributed by atoms with E-state index in [9.17, 15) is 4.79 Å². The Kier molecular flexibility index (Phi) is 3.53. The number of aromatic nitrogens is 2. The van der Waals surface area contributed by atoms with Crippen molar-refractivity contribution in [3.63, 3.8) is 0 Å². The van der Waals surface area contributed by atoms with E-state index >= 15 is 0 Å². The molecule has 0 amide bonds. The maximum atomic E-state index is 11.2. The number of carbonyl (C=O) groups is 1. The molecule has 0 N–H and O–H groups in total. The standard InChI is InChI=1S/C14H15ClN2O/c1-4-11-9(2)16-17(10(11)3)14-7-5-6-13(15)12(14)8-18/h5-8H,4H2,1-3H3. The lowest BCUT2D eigenvalue weighted by atomic mass is 10.1. The van der Waals surface area contributed by atoms with Crippen molar-refractivity contribution in [2.45, 2.75) is 27.2 Å². The van der Waals surface area contributed by atoms with E-state index in [0.29, 0.717) is 10.6 Å². The first kappa shape index (κ1) is 12.8. The van der Waals surface area contributed by atoms with Crippen LogP contribution in [0.4, 0.5) is 0 Å². The number of benzene rings is 1. The van der Waals surface area contributed by atoms with Crippen LogP contribution in [0.2, 0.25) is 5.02 Å². The van der Waals surface area contributed by atoms with Gasteiger partial charge in [0.15, 0.2) is 6.29 Å². The lowest BCUT2D eigenvalue weighted by Crippen LogP contribution is -2.03. The first-order chi connectivity index (χ1) is 8.60. The zero-order valence-electron chi connectivity index (χ0n) is 10.7. The van der Waals surface area contributed by atoms with E-state index < -0.39 is 0 Å². The van der Waals surface area contributed by atoms with Crippen molar-refractivity contribution < 1.29 is 4.79 Å². The van der Waals surface area contributed by atoms with E-state index in [4.69, 9.17) is 11.6 Å². The number of aryl methyl sites for hydroxylation is 1. The molecule has 0 bridgehead atoms. The third-order valence-corrected chi connectivity index (χ3v) is 3.50. The van der Waals surface area contributed by atoms with E-state index in [1.165, 1.54) is 5.56 Å². The van der Waals surface area contributed by atoms with Crippen LogP contribution < -0.4 is 0 Å². The predicted molar refractivity (Wildman–Crippen MR) is 72.8 cm³/mol. The Labute approximate surface area is 111 Å². The molecule has 2 rings (SSSR count). The van der Waals surface area contributed by atoms with Crippen LogP contribution in [-0.2, 0) is 6.42 Å². The number of aldehydes is 1. The number of halogens is 1. The molecule has 0 fully saturated rings. The molecule has 2 aromatic rings. The molecular weight excluding hydrogens is 248 g/mol. The fraction of sp³-hybridized carbons (Fsp3) is 0.286. The van der Waals surface area contributed by atoms with Crippen LogP contribution >= 0.6 is 11.6 Å². The molecular formula is C14H15ClN2O. The highest BCUT2D eigenvalue weighted by atomic mass is 35.5. The van der Waals surface area contributed by atoms with E-state index in [1.807, 2.05) is 26.0 Å². The van der Waals surface area contributed by atoms with Crippen LogP contribution in [0.25, 0.3) is 5.69 Å². The zero-order valence-corrected chi connectivity index (χ0v) is 11.5. The zero-order chi connectivity index (χ0) is 13.3. The van der Waals surface area contributed by atoms with Gasteiger partial charge in [-0.3, -0.25) is 4.79 Å². The summed E-state index contributed by atoms with van der Waals surface area (Å²) in [6.45, 7) is 6.09. The molecule has 94 valence electrons. The second kappa shape index (κ2) is 4.94. The lowest BCUT2D eigenvalue weighted by Gasteiger charge is -2.08. The van der Waals surface area contributed by atoms with Gasteiger partial charge in [0.05, 0.1) is 22.0 Å².